The SMILES string of the molecule is O=C(CCc1c[nH]c2ccccc12)N1CCN(S(=O)(=O)N2CCOCC2)CC1. The highest BCUT2D eigenvalue weighted by Crippen LogP contribution is 2.20. The molecule has 0 unspecified atom stereocenters. The first-order valence-corrected chi connectivity index (χ1v) is 11.1. The molecule has 3 heterocycles. The van der Waals surface area contributed by atoms with E-state index in [2.05, 4.69) is 11.1 Å². The number of hydrogen-bond acceptors (Lipinski definition) is 4. The molecule has 2 aliphatic rings. The van der Waals surface area contributed by atoms with Crippen molar-refractivity contribution in [1.82, 2.24) is 18.5 Å². The molecule has 0 bridgehead atoms. The summed E-state index contributed by atoms with van der Waals surface area (Å²) in [7, 11) is -3.46. The molecule has 28 heavy (non-hydrogen) atoms. The van der Waals surface area contributed by atoms with Crippen molar-refractivity contribution in [3.8, 4) is 0 Å². The van der Waals surface area contributed by atoms with Crippen molar-refractivity contribution in [2.24, 2.45) is 0 Å². The van der Waals surface area contributed by atoms with Crippen LogP contribution in [0.1, 0.15) is 12.0 Å². The average Bonchev–Trinajstić information content (AvgIpc) is 3.16. The maximum Gasteiger partial charge on any atom is 0.282 e. The first-order valence-electron chi connectivity index (χ1n) is 9.71. The number of piperazine rings is 1. The van der Waals surface area contributed by atoms with E-state index in [0.29, 0.717) is 65.3 Å². The lowest BCUT2D eigenvalue weighted by Gasteiger charge is -2.37. The fraction of sp³-hybridized carbons (Fsp3) is 0.526. The number of aryl methyl sites for hydroxylation is 1. The number of ether oxygens (including phenoxy) is 1. The molecule has 1 aromatic heterocycles. The third-order valence-corrected chi connectivity index (χ3v) is 7.53. The Morgan fingerprint density at radius 2 is 1.68 bits per heavy atom. The summed E-state index contributed by atoms with van der Waals surface area (Å²) in [4.78, 5) is 17.6. The summed E-state index contributed by atoms with van der Waals surface area (Å²) in [5.41, 5.74) is 2.21. The van der Waals surface area contributed by atoms with Crippen molar-refractivity contribution < 1.29 is 17.9 Å². The normalized spacial score (nSPS) is 19.9. The van der Waals surface area contributed by atoms with Gasteiger partial charge in [-0.05, 0) is 18.1 Å². The number of hydrogen-bond donors (Lipinski definition) is 1. The second-order valence-corrected chi connectivity index (χ2v) is 9.09. The van der Waals surface area contributed by atoms with E-state index in [1.807, 2.05) is 24.4 Å². The minimum Gasteiger partial charge on any atom is -0.379 e. The van der Waals surface area contributed by atoms with Crippen LogP contribution in [0.15, 0.2) is 30.5 Å². The van der Waals surface area contributed by atoms with Gasteiger partial charge in [-0.3, -0.25) is 4.79 Å². The zero-order valence-corrected chi connectivity index (χ0v) is 16.7. The van der Waals surface area contributed by atoms with E-state index in [0.717, 1.165) is 16.5 Å². The van der Waals surface area contributed by atoms with E-state index in [9.17, 15) is 13.2 Å². The fourth-order valence-corrected chi connectivity index (χ4v) is 5.41. The van der Waals surface area contributed by atoms with E-state index in [1.165, 1.54) is 8.61 Å². The number of nitrogens with zero attached hydrogens (tertiary/aromatic N) is 3. The summed E-state index contributed by atoms with van der Waals surface area (Å²) in [5.74, 6) is 0.0775. The molecule has 0 spiro atoms. The predicted molar refractivity (Wildman–Crippen MR) is 106 cm³/mol. The number of H-pyrrole nitrogens is 1. The number of benzene rings is 1. The number of carbonyl (C=O) groups is 1. The molecule has 9 heteroatoms. The first-order chi connectivity index (χ1) is 13.6. The summed E-state index contributed by atoms with van der Waals surface area (Å²) >= 11 is 0. The van der Waals surface area contributed by atoms with Crippen molar-refractivity contribution in [3.05, 3.63) is 36.0 Å². The number of aromatic nitrogens is 1. The summed E-state index contributed by atoms with van der Waals surface area (Å²) < 4.78 is 33.6. The van der Waals surface area contributed by atoms with Crippen LogP contribution >= 0.6 is 0 Å². The second kappa shape index (κ2) is 8.20. The molecule has 2 aliphatic heterocycles. The summed E-state index contributed by atoms with van der Waals surface area (Å²) in [6, 6.07) is 8.06. The highest BCUT2D eigenvalue weighted by molar-refractivity contribution is 7.86. The van der Waals surface area contributed by atoms with E-state index in [1.54, 1.807) is 4.90 Å². The third-order valence-electron chi connectivity index (χ3n) is 5.50. The van der Waals surface area contributed by atoms with E-state index in [-0.39, 0.29) is 5.91 Å². The minimum atomic E-state index is -3.46. The summed E-state index contributed by atoms with van der Waals surface area (Å²) in [6.45, 7) is 3.23. The molecule has 8 nitrogen and oxygen atoms in total. The van der Waals surface area contributed by atoms with Crippen LogP contribution in [0.2, 0.25) is 0 Å². The molecule has 0 aliphatic carbocycles. The Morgan fingerprint density at radius 3 is 2.43 bits per heavy atom. The fourth-order valence-electron chi connectivity index (χ4n) is 3.85. The lowest BCUT2D eigenvalue weighted by molar-refractivity contribution is -0.132. The van der Waals surface area contributed by atoms with Gasteiger partial charge in [0.25, 0.3) is 10.2 Å². The van der Waals surface area contributed by atoms with Crippen molar-refractivity contribution in [2.75, 3.05) is 52.5 Å². The molecule has 2 aromatic rings. The summed E-state index contributed by atoms with van der Waals surface area (Å²) in [6.07, 6.45) is 3.07. The number of morpholine rings is 1. The molecular weight excluding hydrogens is 380 g/mol. The highest BCUT2D eigenvalue weighted by atomic mass is 32.2. The Labute approximate surface area is 165 Å². The molecule has 0 radical (unpaired) electrons. The van der Waals surface area contributed by atoms with Gasteiger partial charge >= 0.3 is 0 Å². The van der Waals surface area contributed by atoms with Gasteiger partial charge in [0.05, 0.1) is 13.2 Å². The molecule has 2 fully saturated rings. The largest absolute Gasteiger partial charge is 0.379 e. The molecule has 0 atom stereocenters. The van der Waals surface area contributed by atoms with Crippen molar-refractivity contribution >= 4 is 27.0 Å². The lowest BCUT2D eigenvalue weighted by atomic mass is 10.1. The van der Waals surface area contributed by atoms with Crippen LogP contribution in [0.5, 0.6) is 0 Å². The van der Waals surface area contributed by atoms with Crippen molar-refractivity contribution in [3.63, 3.8) is 0 Å². The standard InChI is InChI=1S/C19H26N4O4S/c24-19(6-5-16-15-20-18-4-2-1-3-17(16)18)21-7-9-22(10-8-21)28(25,26)23-11-13-27-14-12-23/h1-4,15,20H,5-14H2. The summed E-state index contributed by atoms with van der Waals surface area (Å²) in [5, 5.41) is 1.15. The Hall–Kier alpha value is -1.94. The van der Waals surface area contributed by atoms with Crippen molar-refractivity contribution in [1.29, 1.82) is 0 Å². The minimum absolute atomic E-state index is 0.0775. The van der Waals surface area contributed by atoms with E-state index < -0.39 is 10.2 Å². The zero-order chi connectivity index (χ0) is 19.6. The van der Waals surface area contributed by atoms with Gasteiger partial charge in [0.1, 0.15) is 0 Å². The van der Waals surface area contributed by atoms with Crippen LogP contribution in [0.4, 0.5) is 0 Å². The van der Waals surface area contributed by atoms with Crippen LogP contribution in [-0.2, 0) is 26.2 Å². The number of carbonyl (C=O) groups excluding carboxylic acids is 1. The van der Waals surface area contributed by atoms with Gasteiger partial charge in [-0.1, -0.05) is 18.2 Å². The third kappa shape index (κ3) is 3.93. The van der Waals surface area contributed by atoms with Gasteiger partial charge in [0.15, 0.2) is 0 Å². The molecule has 1 N–H and O–H groups in total. The van der Waals surface area contributed by atoms with Gasteiger partial charge < -0.3 is 14.6 Å². The second-order valence-electron chi connectivity index (χ2n) is 7.16. The van der Waals surface area contributed by atoms with Gasteiger partial charge in [-0.2, -0.15) is 17.0 Å². The highest BCUT2D eigenvalue weighted by Gasteiger charge is 2.34. The Bertz CT molecular complexity index is 928. The maximum absolute atomic E-state index is 12.7. The molecular formula is C19H26N4O4S. The van der Waals surface area contributed by atoms with E-state index in [4.69, 9.17) is 4.74 Å². The Morgan fingerprint density at radius 1 is 1.00 bits per heavy atom. The van der Waals surface area contributed by atoms with Gasteiger partial charge in [0.2, 0.25) is 5.91 Å². The number of aromatic amines is 1. The van der Waals surface area contributed by atoms with Gasteiger partial charge in [0, 0.05) is 62.8 Å². The molecule has 0 saturated carbocycles. The van der Waals surface area contributed by atoms with Crippen LogP contribution in [0.3, 0.4) is 0 Å². The Kier molecular flexibility index (Phi) is 5.68. The van der Waals surface area contributed by atoms with Gasteiger partial charge in [-0.25, -0.2) is 0 Å². The molecule has 1 aromatic carbocycles. The molecule has 4 rings (SSSR count). The Balaban J connectivity index is 1.30. The monoisotopic (exact) mass is 406 g/mol. The van der Waals surface area contributed by atoms with Crippen LogP contribution in [0, 0.1) is 0 Å². The molecule has 2 saturated heterocycles. The van der Waals surface area contributed by atoms with Gasteiger partial charge in [-0.15, -0.1) is 0 Å². The number of fused-ring (bicyclic) bond motifs is 1. The topological polar surface area (TPSA) is 86.0 Å². The number of para-hydroxylation sites is 1. The van der Waals surface area contributed by atoms with Crippen molar-refractivity contribution in [2.45, 2.75) is 12.8 Å². The zero-order valence-electron chi connectivity index (χ0n) is 15.8. The number of rotatable bonds is 5. The smallest absolute Gasteiger partial charge is 0.282 e. The number of amides is 1. The average molecular weight is 407 g/mol. The maximum atomic E-state index is 12.7. The van der Waals surface area contributed by atoms with Crippen LogP contribution in [0.25, 0.3) is 10.9 Å². The quantitative estimate of drug-likeness (QED) is 0.797. The predicted octanol–water partition coefficient (Wildman–Crippen LogP) is 0.822. The lowest BCUT2D eigenvalue weighted by Crippen LogP contribution is -2.55. The molecule has 152 valence electrons. The number of nitrogens with one attached hydrogen (secondary N) is 1. The van der Waals surface area contributed by atoms with E-state index >= 15 is 0 Å². The molecule has 1 amide bonds. The van der Waals surface area contributed by atoms with Crippen LogP contribution in [-0.4, -0.2) is 85.3 Å². The van der Waals surface area contributed by atoms with Crippen LogP contribution < -0.4 is 0 Å². The first kappa shape index (κ1) is 19.4.